The summed E-state index contributed by atoms with van der Waals surface area (Å²) in [6.45, 7) is 4.31. The Labute approximate surface area is 138 Å². The van der Waals surface area contributed by atoms with Gasteiger partial charge in [-0.05, 0) is 17.9 Å². The maximum Gasteiger partial charge on any atom is 0.328 e. The van der Waals surface area contributed by atoms with Gasteiger partial charge < -0.3 is 10.2 Å². The van der Waals surface area contributed by atoms with Gasteiger partial charge in [-0.15, -0.1) is 0 Å². The molecule has 0 radical (unpaired) electrons. The number of carboxylic acids is 2. The Hall–Kier alpha value is -2.36. The molecule has 0 aliphatic heterocycles. The number of hydrogen-bond acceptors (Lipinski definition) is 2. The highest BCUT2D eigenvalue weighted by molar-refractivity contribution is 5.80. The van der Waals surface area contributed by atoms with Crippen molar-refractivity contribution in [2.24, 2.45) is 5.92 Å². The molecule has 126 valence electrons. The average Bonchev–Trinajstić information content (AvgIpc) is 2.49. The van der Waals surface area contributed by atoms with Gasteiger partial charge in [0.2, 0.25) is 0 Å². The summed E-state index contributed by atoms with van der Waals surface area (Å²) in [5, 5.41) is 16.6. The monoisotopic (exact) mass is 318 g/mol. The summed E-state index contributed by atoms with van der Waals surface area (Å²) in [4.78, 5) is 20.1. The molecule has 1 aromatic rings. The van der Waals surface area contributed by atoms with Crippen LogP contribution in [0, 0.1) is 5.92 Å². The molecular weight excluding hydrogens is 292 g/mol. The lowest BCUT2D eigenvalue weighted by Crippen LogP contribution is -1.94. The van der Waals surface area contributed by atoms with E-state index in [1.807, 2.05) is 36.4 Å². The molecule has 0 fully saturated rings. The van der Waals surface area contributed by atoms with E-state index >= 15 is 0 Å². The zero-order chi connectivity index (χ0) is 17.5. The minimum atomic E-state index is -0.933. The quantitative estimate of drug-likeness (QED) is 0.416. The SMILES string of the molecule is CC(C)CCCCC(=O)O.O=C(O)C=CC=Cc1ccccc1. The van der Waals surface area contributed by atoms with E-state index in [0.29, 0.717) is 12.3 Å². The van der Waals surface area contributed by atoms with Crippen LogP contribution in [0.2, 0.25) is 0 Å². The molecule has 4 nitrogen and oxygen atoms in total. The summed E-state index contributed by atoms with van der Waals surface area (Å²) >= 11 is 0. The van der Waals surface area contributed by atoms with Crippen molar-refractivity contribution in [3.05, 3.63) is 54.1 Å². The van der Waals surface area contributed by atoms with Crippen LogP contribution < -0.4 is 0 Å². The number of rotatable bonds is 8. The highest BCUT2D eigenvalue weighted by Crippen LogP contribution is 2.07. The van der Waals surface area contributed by atoms with Crippen molar-refractivity contribution < 1.29 is 19.8 Å². The number of aliphatic carboxylic acids is 2. The summed E-state index contributed by atoms with van der Waals surface area (Å²) in [6, 6.07) is 9.70. The minimum absolute atomic E-state index is 0.326. The molecule has 0 heterocycles. The summed E-state index contributed by atoms with van der Waals surface area (Å²) < 4.78 is 0. The van der Waals surface area contributed by atoms with E-state index in [-0.39, 0.29) is 0 Å². The molecule has 4 heteroatoms. The van der Waals surface area contributed by atoms with Crippen molar-refractivity contribution in [1.29, 1.82) is 0 Å². The third-order valence-corrected chi connectivity index (χ3v) is 2.86. The number of unbranched alkanes of at least 4 members (excludes halogenated alkanes) is 1. The molecule has 0 aromatic heterocycles. The molecule has 0 saturated heterocycles. The van der Waals surface area contributed by atoms with Crippen LogP contribution in [0.15, 0.2) is 48.6 Å². The highest BCUT2D eigenvalue weighted by Gasteiger charge is 1.97. The smallest absolute Gasteiger partial charge is 0.328 e. The summed E-state index contributed by atoms with van der Waals surface area (Å²) in [6.07, 6.45) is 9.48. The molecule has 0 amide bonds. The van der Waals surface area contributed by atoms with Crippen molar-refractivity contribution >= 4 is 18.0 Å². The zero-order valence-corrected chi connectivity index (χ0v) is 13.8. The van der Waals surface area contributed by atoms with E-state index in [0.717, 1.165) is 30.9 Å². The molecule has 1 aromatic carbocycles. The van der Waals surface area contributed by atoms with Gasteiger partial charge >= 0.3 is 11.9 Å². The lowest BCUT2D eigenvalue weighted by molar-refractivity contribution is -0.137. The van der Waals surface area contributed by atoms with Gasteiger partial charge in [0.15, 0.2) is 0 Å². The molecule has 0 aliphatic rings. The Morgan fingerprint density at radius 3 is 2.22 bits per heavy atom. The minimum Gasteiger partial charge on any atom is -0.481 e. The third kappa shape index (κ3) is 15.8. The molecular formula is C19H26O4. The number of hydrogen-bond donors (Lipinski definition) is 2. The molecule has 2 N–H and O–H groups in total. The van der Waals surface area contributed by atoms with Gasteiger partial charge in [-0.25, -0.2) is 4.79 Å². The van der Waals surface area contributed by atoms with Crippen molar-refractivity contribution in [1.82, 2.24) is 0 Å². The summed E-state index contributed by atoms with van der Waals surface area (Å²) in [5.74, 6) is -0.907. The van der Waals surface area contributed by atoms with Crippen LogP contribution in [0.25, 0.3) is 6.08 Å². The maximum absolute atomic E-state index is 10.1. The Morgan fingerprint density at radius 2 is 1.70 bits per heavy atom. The molecule has 23 heavy (non-hydrogen) atoms. The van der Waals surface area contributed by atoms with Gasteiger partial charge in [-0.1, -0.05) is 75.2 Å². The predicted octanol–water partition coefficient (Wildman–Crippen LogP) is 4.63. The van der Waals surface area contributed by atoms with Crippen molar-refractivity contribution in [2.75, 3.05) is 0 Å². The molecule has 0 aliphatic carbocycles. The first-order chi connectivity index (χ1) is 10.9. The van der Waals surface area contributed by atoms with Crippen LogP contribution >= 0.6 is 0 Å². The average molecular weight is 318 g/mol. The van der Waals surface area contributed by atoms with E-state index in [2.05, 4.69) is 13.8 Å². The maximum atomic E-state index is 10.1. The Balaban J connectivity index is 0.000000438. The van der Waals surface area contributed by atoms with Crippen LogP contribution in [0.3, 0.4) is 0 Å². The molecule has 0 saturated carbocycles. The van der Waals surface area contributed by atoms with Crippen molar-refractivity contribution in [3.8, 4) is 0 Å². The number of carboxylic acid groups (broad SMARTS) is 2. The van der Waals surface area contributed by atoms with Crippen LogP contribution in [0.4, 0.5) is 0 Å². The number of allylic oxidation sites excluding steroid dienone is 2. The summed E-state index contributed by atoms with van der Waals surface area (Å²) in [7, 11) is 0. The predicted molar refractivity (Wildman–Crippen MR) is 93.2 cm³/mol. The molecule has 1 rings (SSSR count). The largest absolute Gasteiger partial charge is 0.481 e. The van der Waals surface area contributed by atoms with Crippen LogP contribution in [0.5, 0.6) is 0 Å². The first kappa shape index (κ1) is 20.6. The van der Waals surface area contributed by atoms with Gasteiger partial charge in [-0.2, -0.15) is 0 Å². The molecule has 0 atom stereocenters. The highest BCUT2D eigenvalue weighted by atomic mass is 16.4. The fourth-order valence-electron chi connectivity index (χ4n) is 1.70. The topological polar surface area (TPSA) is 74.6 Å². The van der Waals surface area contributed by atoms with Gasteiger partial charge in [-0.3, -0.25) is 4.79 Å². The Morgan fingerprint density at radius 1 is 1.04 bits per heavy atom. The van der Waals surface area contributed by atoms with Gasteiger partial charge in [0.1, 0.15) is 0 Å². The fraction of sp³-hybridized carbons (Fsp3) is 0.368. The molecule has 0 bridgehead atoms. The van der Waals surface area contributed by atoms with E-state index < -0.39 is 11.9 Å². The van der Waals surface area contributed by atoms with Gasteiger partial charge in [0.25, 0.3) is 0 Å². The second kappa shape index (κ2) is 13.3. The Bertz CT molecular complexity index is 501. The van der Waals surface area contributed by atoms with E-state index in [1.165, 1.54) is 6.08 Å². The number of benzene rings is 1. The molecule has 0 spiro atoms. The lowest BCUT2D eigenvalue weighted by atomic mass is 10.1. The number of carbonyl (C=O) groups is 2. The van der Waals surface area contributed by atoms with Gasteiger partial charge in [0, 0.05) is 12.5 Å². The van der Waals surface area contributed by atoms with Crippen LogP contribution in [-0.4, -0.2) is 22.2 Å². The summed E-state index contributed by atoms with van der Waals surface area (Å²) in [5.41, 5.74) is 1.05. The zero-order valence-electron chi connectivity index (χ0n) is 13.8. The second-order valence-electron chi connectivity index (χ2n) is 5.50. The fourth-order valence-corrected chi connectivity index (χ4v) is 1.70. The van der Waals surface area contributed by atoms with E-state index in [4.69, 9.17) is 10.2 Å². The third-order valence-electron chi connectivity index (χ3n) is 2.86. The lowest BCUT2D eigenvalue weighted by Gasteiger charge is -2.01. The molecule has 0 unspecified atom stereocenters. The van der Waals surface area contributed by atoms with E-state index in [1.54, 1.807) is 6.08 Å². The van der Waals surface area contributed by atoms with Crippen molar-refractivity contribution in [2.45, 2.75) is 39.5 Å². The Kier molecular flexibility index (Phi) is 11.9. The standard InChI is InChI=1S/C11H10O2.C8H16O2/c12-11(13)9-5-4-8-10-6-2-1-3-7-10;1-7(2)5-3-4-6-8(9)10/h1-9H,(H,12,13);7H,3-6H2,1-2H3,(H,9,10). The normalized spacial score (nSPS) is 10.7. The second-order valence-corrected chi connectivity index (χ2v) is 5.50. The van der Waals surface area contributed by atoms with Crippen LogP contribution in [0.1, 0.15) is 45.1 Å². The first-order valence-corrected chi connectivity index (χ1v) is 7.76. The first-order valence-electron chi connectivity index (χ1n) is 7.76. The van der Waals surface area contributed by atoms with Gasteiger partial charge in [0.05, 0.1) is 0 Å². The van der Waals surface area contributed by atoms with E-state index in [9.17, 15) is 9.59 Å². The van der Waals surface area contributed by atoms with Crippen LogP contribution in [-0.2, 0) is 9.59 Å². The van der Waals surface area contributed by atoms with Crippen molar-refractivity contribution in [3.63, 3.8) is 0 Å².